The van der Waals surface area contributed by atoms with E-state index in [1.54, 1.807) is 18.3 Å². The molecule has 1 aromatic heterocycles. The quantitative estimate of drug-likeness (QED) is 0.174. The third kappa shape index (κ3) is 7.74. The lowest BCUT2D eigenvalue weighted by molar-refractivity contribution is -0.139. The summed E-state index contributed by atoms with van der Waals surface area (Å²) in [4.78, 5) is 28.6. The van der Waals surface area contributed by atoms with Gasteiger partial charge in [0.15, 0.2) is 0 Å². The molecule has 0 radical (unpaired) electrons. The number of carbonyl (C=O) groups excluding carboxylic acids is 1. The number of alkyl halides is 1. The molecule has 0 fully saturated rings. The Hall–Kier alpha value is -3.14. The van der Waals surface area contributed by atoms with Gasteiger partial charge < -0.3 is 20.5 Å². The lowest BCUT2D eigenvalue weighted by atomic mass is 10.0. The fraction of sp³-hybridized carbons (Fsp3) is 0.240. The highest BCUT2D eigenvalue weighted by Crippen LogP contribution is 2.16. The van der Waals surface area contributed by atoms with Crippen LogP contribution >= 0.6 is 22.6 Å². The second-order valence-corrected chi connectivity index (χ2v) is 8.11. The van der Waals surface area contributed by atoms with E-state index in [1.807, 2.05) is 54.6 Å². The summed E-state index contributed by atoms with van der Waals surface area (Å²) >= 11 is 2.18. The Bertz CT molecular complexity index is 1050. The Morgan fingerprint density at radius 1 is 1.03 bits per heavy atom. The second kappa shape index (κ2) is 12.8. The molecule has 3 aromatic rings. The number of aromatic nitrogens is 1. The highest BCUT2D eigenvalue weighted by molar-refractivity contribution is 14.1. The zero-order valence-corrected chi connectivity index (χ0v) is 20.2. The first kappa shape index (κ1) is 24.5. The van der Waals surface area contributed by atoms with Crippen LogP contribution in [0.4, 0.5) is 5.82 Å². The van der Waals surface area contributed by atoms with Gasteiger partial charge in [-0.25, -0.2) is 9.78 Å². The molecule has 33 heavy (non-hydrogen) atoms. The summed E-state index contributed by atoms with van der Waals surface area (Å²) in [6, 6.07) is 19.2. The predicted molar refractivity (Wildman–Crippen MR) is 136 cm³/mol. The number of carbonyl (C=O) groups is 2. The van der Waals surface area contributed by atoms with Crippen LogP contribution in [0.15, 0.2) is 72.9 Å². The van der Waals surface area contributed by atoms with Crippen LogP contribution in [0.25, 0.3) is 0 Å². The number of rotatable bonds is 12. The predicted octanol–water partition coefficient (Wildman–Crippen LogP) is 4.32. The Morgan fingerprint density at radius 3 is 2.48 bits per heavy atom. The van der Waals surface area contributed by atoms with Crippen molar-refractivity contribution in [3.8, 4) is 5.75 Å². The Morgan fingerprint density at radius 2 is 1.79 bits per heavy atom. The van der Waals surface area contributed by atoms with E-state index in [1.165, 1.54) is 0 Å². The van der Waals surface area contributed by atoms with Crippen molar-refractivity contribution in [1.29, 1.82) is 0 Å². The van der Waals surface area contributed by atoms with Gasteiger partial charge >= 0.3 is 5.97 Å². The average Bonchev–Trinajstić information content (AvgIpc) is 2.84. The first-order valence-corrected chi connectivity index (χ1v) is 12.1. The van der Waals surface area contributed by atoms with Crippen LogP contribution < -0.4 is 15.4 Å². The minimum absolute atomic E-state index is 0.182. The first-order valence-electron chi connectivity index (χ1n) is 10.6. The van der Waals surface area contributed by atoms with Gasteiger partial charge in [-0.2, -0.15) is 0 Å². The lowest BCUT2D eigenvalue weighted by Gasteiger charge is -2.16. The zero-order chi connectivity index (χ0) is 23.5. The van der Waals surface area contributed by atoms with Crippen LogP contribution in [-0.2, 0) is 15.6 Å². The number of carboxylic acid groups (broad SMARTS) is 1. The molecule has 0 bridgehead atoms. The summed E-state index contributed by atoms with van der Waals surface area (Å²) in [6.45, 7) is 1.29. The minimum Gasteiger partial charge on any atom is -0.494 e. The molecule has 0 saturated heterocycles. The Kier molecular flexibility index (Phi) is 9.49. The van der Waals surface area contributed by atoms with E-state index in [4.69, 9.17) is 4.74 Å². The van der Waals surface area contributed by atoms with Crippen molar-refractivity contribution in [1.82, 2.24) is 10.3 Å². The fourth-order valence-corrected chi connectivity index (χ4v) is 3.86. The SMILES string of the molecule is O=C(N[C@@H](Cc1ccc(OCCCNc2ccccn2)cc1)C(=O)O)c1ccccc1CI. The number of anilines is 1. The van der Waals surface area contributed by atoms with Gasteiger partial charge in [0.2, 0.25) is 0 Å². The van der Waals surface area contributed by atoms with E-state index >= 15 is 0 Å². The van der Waals surface area contributed by atoms with Crippen LogP contribution in [0, 0.1) is 0 Å². The molecule has 0 saturated carbocycles. The maximum atomic E-state index is 12.6. The number of benzene rings is 2. The van der Waals surface area contributed by atoms with Gasteiger partial charge in [0.05, 0.1) is 6.61 Å². The Labute approximate surface area is 206 Å². The van der Waals surface area contributed by atoms with Crippen molar-refractivity contribution in [3.05, 3.63) is 89.6 Å². The Balaban J connectivity index is 1.48. The third-order valence-electron chi connectivity index (χ3n) is 4.93. The molecule has 3 rings (SSSR count). The number of hydrogen-bond acceptors (Lipinski definition) is 5. The number of carboxylic acids is 1. The third-order valence-corrected chi connectivity index (χ3v) is 5.76. The van der Waals surface area contributed by atoms with Crippen molar-refractivity contribution in [2.45, 2.75) is 23.3 Å². The first-order chi connectivity index (χ1) is 16.1. The molecule has 1 amide bonds. The molecule has 172 valence electrons. The maximum absolute atomic E-state index is 12.6. The van der Waals surface area contributed by atoms with Crippen molar-refractivity contribution < 1.29 is 19.4 Å². The van der Waals surface area contributed by atoms with Crippen LogP contribution in [0.1, 0.15) is 27.9 Å². The van der Waals surface area contributed by atoms with E-state index in [-0.39, 0.29) is 12.3 Å². The maximum Gasteiger partial charge on any atom is 0.326 e. The van der Waals surface area contributed by atoms with Crippen molar-refractivity contribution in [2.24, 2.45) is 0 Å². The summed E-state index contributed by atoms with van der Waals surface area (Å²) in [5.74, 6) is 0.0909. The molecule has 1 heterocycles. The zero-order valence-electron chi connectivity index (χ0n) is 18.0. The molecule has 0 aliphatic carbocycles. The van der Waals surface area contributed by atoms with E-state index < -0.39 is 12.0 Å². The van der Waals surface area contributed by atoms with Crippen LogP contribution in [0.3, 0.4) is 0 Å². The highest BCUT2D eigenvalue weighted by atomic mass is 127. The number of halogens is 1. The van der Waals surface area contributed by atoms with E-state index in [9.17, 15) is 14.7 Å². The summed E-state index contributed by atoms with van der Waals surface area (Å²) in [5, 5.41) is 15.5. The van der Waals surface area contributed by atoms with Crippen LogP contribution in [-0.4, -0.2) is 41.2 Å². The van der Waals surface area contributed by atoms with Gasteiger partial charge in [-0.1, -0.05) is 59.0 Å². The number of ether oxygens (including phenoxy) is 1. The summed E-state index contributed by atoms with van der Waals surface area (Å²) in [6.07, 6.45) is 2.73. The van der Waals surface area contributed by atoms with Crippen LogP contribution in [0.5, 0.6) is 5.75 Å². The van der Waals surface area contributed by atoms with Gasteiger partial charge in [0.1, 0.15) is 17.6 Å². The highest BCUT2D eigenvalue weighted by Gasteiger charge is 2.22. The van der Waals surface area contributed by atoms with E-state index in [0.29, 0.717) is 22.3 Å². The van der Waals surface area contributed by atoms with E-state index in [2.05, 4.69) is 38.2 Å². The fourth-order valence-electron chi connectivity index (χ4n) is 3.20. The molecule has 0 aliphatic rings. The second-order valence-electron chi connectivity index (χ2n) is 7.35. The van der Waals surface area contributed by atoms with Crippen molar-refractivity contribution in [2.75, 3.05) is 18.5 Å². The molecule has 3 N–H and O–H groups in total. The summed E-state index contributed by atoms with van der Waals surface area (Å²) < 4.78 is 6.42. The topological polar surface area (TPSA) is 101 Å². The standard InChI is InChI=1S/C25H26IN3O4/c26-17-19-6-1-2-7-21(19)24(30)29-22(25(31)32)16-18-9-11-20(12-10-18)33-15-5-14-28-23-8-3-4-13-27-23/h1-4,6-13,22H,5,14-17H2,(H,27,28)(H,29,30)(H,31,32)/t22-/m0/s1. The van der Waals surface area contributed by atoms with Gasteiger partial charge in [0, 0.05) is 29.2 Å². The number of aliphatic carboxylic acids is 1. The van der Waals surface area contributed by atoms with Crippen molar-refractivity contribution >= 4 is 40.3 Å². The van der Waals surface area contributed by atoms with Gasteiger partial charge in [0.25, 0.3) is 5.91 Å². The number of nitrogens with one attached hydrogen (secondary N) is 2. The molecular formula is C25H26IN3O4. The van der Waals surface area contributed by atoms with Gasteiger partial charge in [-0.3, -0.25) is 4.79 Å². The summed E-state index contributed by atoms with van der Waals surface area (Å²) in [5.41, 5.74) is 2.17. The molecule has 0 aliphatic heterocycles. The smallest absolute Gasteiger partial charge is 0.326 e. The van der Waals surface area contributed by atoms with Gasteiger partial charge in [-0.15, -0.1) is 0 Å². The number of nitrogens with zero attached hydrogens (tertiary/aromatic N) is 1. The molecule has 0 spiro atoms. The summed E-state index contributed by atoms with van der Waals surface area (Å²) in [7, 11) is 0. The average molecular weight is 559 g/mol. The van der Waals surface area contributed by atoms with Gasteiger partial charge in [-0.05, 0) is 47.9 Å². The normalized spacial score (nSPS) is 11.4. The number of pyridine rings is 1. The van der Waals surface area contributed by atoms with E-state index in [0.717, 1.165) is 29.9 Å². The molecule has 7 nitrogen and oxygen atoms in total. The lowest BCUT2D eigenvalue weighted by Crippen LogP contribution is -2.42. The molecule has 8 heteroatoms. The molecular weight excluding hydrogens is 533 g/mol. The van der Waals surface area contributed by atoms with Crippen molar-refractivity contribution in [3.63, 3.8) is 0 Å². The monoisotopic (exact) mass is 559 g/mol. The number of hydrogen-bond donors (Lipinski definition) is 3. The van der Waals surface area contributed by atoms with Crippen LogP contribution in [0.2, 0.25) is 0 Å². The molecule has 0 unspecified atom stereocenters. The largest absolute Gasteiger partial charge is 0.494 e. The minimum atomic E-state index is -1.07. The molecule has 2 aromatic carbocycles. The number of amides is 1. The molecule has 1 atom stereocenters.